The first-order valence-corrected chi connectivity index (χ1v) is 5.53. The first kappa shape index (κ1) is 11.2. The van der Waals surface area contributed by atoms with Crippen molar-refractivity contribution in [2.75, 3.05) is 5.73 Å². The number of pyridine rings is 1. The van der Waals surface area contributed by atoms with Gasteiger partial charge in [0.15, 0.2) is 0 Å². The topological polar surface area (TPSA) is 104 Å². The standard InChI is InChI=1S/C11H10N6O2/c12-11-9(17(18)19)5-13-16(11)7-8-6-15-4-2-1-3-10(15)14-8/h1-6H,7,12H2. The second kappa shape index (κ2) is 4.09. The van der Waals surface area contributed by atoms with Crippen LogP contribution in [0.25, 0.3) is 5.65 Å². The molecule has 96 valence electrons. The van der Waals surface area contributed by atoms with Crippen molar-refractivity contribution in [3.63, 3.8) is 0 Å². The third-order valence-electron chi connectivity index (χ3n) is 2.78. The number of hydrogen-bond acceptors (Lipinski definition) is 5. The van der Waals surface area contributed by atoms with E-state index in [1.807, 2.05) is 35.0 Å². The minimum atomic E-state index is -0.553. The molecule has 0 saturated carbocycles. The van der Waals surface area contributed by atoms with E-state index in [1.54, 1.807) is 0 Å². The summed E-state index contributed by atoms with van der Waals surface area (Å²) in [5.74, 6) is 0.0297. The van der Waals surface area contributed by atoms with Crippen LogP contribution in [0.5, 0.6) is 0 Å². The van der Waals surface area contributed by atoms with Crippen LogP contribution in [0.15, 0.2) is 36.8 Å². The van der Waals surface area contributed by atoms with Crippen molar-refractivity contribution >= 4 is 17.2 Å². The molecule has 3 aromatic heterocycles. The van der Waals surface area contributed by atoms with Gasteiger partial charge in [0.25, 0.3) is 0 Å². The molecule has 0 amide bonds. The zero-order valence-corrected chi connectivity index (χ0v) is 9.80. The minimum Gasteiger partial charge on any atom is -0.378 e. The Balaban J connectivity index is 1.94. The van der Waals surface area contributed by atoms with Crippen LogP contribution in [-0.2, 0) is 6.54 Å². The Bertz CT molecular complexity index is 726. The highest BCUT2D eigenvalue weighted by atomic mass is 16.6. The molecule has 0 radical (unpaired) electrons. The van der Waals surface area contributed by atoms with Crippen molar-refractivity contribution in [1.29, 1.82) is 0 Å². The Labute approximate surface area is 107 Å². The fraction of sp³-hybridized carbons (Fsp3) is 0.0909. The van der Waals surface area contributed by atoms with E-state index >= 15 is 0 Å². The fourth-order valence-corrected chi connectivity index (χ4v) is 1.87. The Hall–Kier alpha value is -2.90. The molecule has 0 bridgehead atoms. The van der Waals surface area contributed by atoms with Gasteiger partial charge in [-0.15, -0.1) is 0 Å². The Morgan fingerprint density at radius 2 is 2.26 bits per heavy atom. The Morgan fingerprint density at radius 3 is 2.95 bits per heavy atom. The molecule has 19 heavy (non-hydrogen) atoms. The van der Waals surface area contributed by atoms with Gasteiger partial charge in [-0.05, 0) is 12.1 Å². The molecule has 0 atom stereocenters. The second-order valence-corrected chi connectivity index (χ2v) is 4.03. The van der Waals surface area contributed by atoms with Crippen LogP contribution >= 0.6 is 0 Å². The lowest BCUT2D eigenvalue weighted by Crippen LogP contribution is -2.06. The van der Waals surface area contributed by atoms with Gasteiger partial charge in [-0.1, -0.05) is 6.07 Å². The summed E-state index contributed by atoms with van der Waals surface area (Å²) in [4.78, 5) is 14.5. The Kier molecular flexibility index (Phi) is 2.41. The first-order valence-electron chi connectivity index (χ1n) is 5.53. The molecule has 0 saturated heterocycles. The van der Waals surface area contributed by atoms with Crippen LogP contribution in [0.3, 0.4) is 0 Å². The van der Waals surface area contributed by atoms with Gasteiger partial charge >= 0.3 is 5.69 Å². The van der Waals surface area contributed by atoms with Crippen LogP contribution in [-0.4, -0.2) is 24.1 Å². The highest BCUT2D eigenvalue weighted by Gasteiger charge is 2.18. The van der Waals surface area contributed by atoms with Crippen LogP contribution < -0.4 is 5.73 Å². The normalized spacial score (nSPS) is 10.9. The summed E-state index contributed by atoms with van der Waals surface area (Å²) in [5, 5.41) is 14.6. The molecular weight excluding hydrogens is 248 g/mol. The molecule has 0 aliphatic carbocycles. The number of nitrogen functional groups attached to an aromatic ring is 1. The number of aromatic nitrogens is 4. The van der Waals surface area contributed by atoms with Crippen molar-refractivity contribution in [2.24, 2.45) is 0 Å². The summed E-state index contributed by atoms with van der Waals surface area (Å²) in [6.45, 7) is 0.293. The van der Waals surface area contributed by atoms with Crippen LogP contribution in [0.1, 0.15) is 5.69 Å². The summed E-state index contributed by atoms with van der Waals surface area (Å²) in [7, 11) is 0. The predicted molar refractivity (Wildman–Crippen MR) is 67.6 cm³/mol. The summed E-state index contributed by atoms with van der Waals surface area (Å²) in [5.41, 5.74) is 7.02. The highest BCUT2D eigenvalue weighted by Crippen LogP contribution is 2.20. The average molecular weight is 258 g/mol. The van der Waals surface area contributed by atoms with Crippen molar-refractivity contribution < 1.29 is 4.92 Å². The number of rotatable bonds is 3. The average Bonchev–Trinajstić information content (AvgIpc) is 2.94. The van der Waals surface area contributed by atoms with Gasteiger partial charge in [0.1, 0.15) is 11.8 Å². The molecule has 3 aromatic rings. The predicted octanol–water partition coefficient (Wildman–Crippen LogP) is 1.07. The van der Waals surface area contributed by atoms with Gasteiger partial charge in [0.2, 0.25) is 5.82 Å². The van der Waals surface area contributed by atoms with Crippen molar-refractivity contribution in [2.45, 2.75) is 6.54 Å². The van der Waals surface area contributed by atoms with Gasteiger partial charge in [0.05, 0.1) is 17.2 Å². The number of nitrogens with zero attached hydrogens (tertiary/aromatic N) is 5. The highest BCUT2D eigenvalue weighted by molar-refractivity contribution is 5.51. The van der Waals surface area contributed by atoms with E-state index in [9.17, 15) is 10.1 Å². The third kappa shape index (κ3) is 1.88. The van der Waals surface area contributed by atoms with E-state index in [-0.39, 0.29) is 11.5 Å². The molecule has 0 fully saturated rings. The quantitative estimate of drug-likeness (QED) is 0.559. The van der Waals surface area contributed by atoms with Crippen LogP contribution in [0, 0.1) is 10.1 Å². The molecule has 0 aliphatic rings. The maximum absolute atomic E-state index is 10.7. The molecule has 0 aromatic carbocycles. The van der Waals surface area contributed by atoms with Crippen molar-refractivity contribution in [1.82, 2.24) is 19.2 Å². The van der Waals surface area contributed by atoms with Crippen molar-refractivity contribution in [3.8, 4) is 0 Å². The number of hydrogen-bond donors (Lipinski definition) is 1. The van der Waals surface area contributed by atoms with Gasteiger partial charge in [-0.25, -0.2) is 9.67 Å². The monoisotopic (exact) mass is 258 g/mol. The summed E-state index contributed by atoms with van der Waals surface area (Å²) < 4.78 is 3.23. The van der Waals surface area contributed by atoms with E-state index in [1.165, 1.54) is 4.68 Å². The number of nitro groups is 1. The van der Waals surface area contributed by atoms with Gasteiger partial charge in [-0.2, -0.15) is 5.10 Å². The summed E-state index contributed by atoms with van der Waals surface area (Å²) in [6.07, 6.45) is 4.86. The molecule has 3 heterocycles. The zero-order chi connectivity index (χ0) is 13.4. The third-order valence-corrected chi connectivity index (χ3v) is 2.78. The lowest BCUT2D eigenvalue weighted by Gasteiger charge is -1.99. The molecule has 8 heteroatoms. The summed E-state index contributed by atoms with van der Waals surface area (Å²) in [6, 6.07) is 5.66. The zero-order valence-electron chi connectivity index (χ0n) is 9.80. The molecule has 0 unspecified atom stereocenters. The maximum atomic E-state index is 10.7. The maximum Gasteiger partial charge on any atom is 0.330 e. The van der Waals surface area contributed by atoms with E-state index < -0.39 is 4.92 Å². The molecule has 2 N–H and O–H groups in total. The van der Waals surface area contributed by atoms with Gasteiger partial charge < -0.3 is 10.1 Å². The molecule has 0 spiro atoms. The Morgan fingerprint density at radius 1 is 1.42 bits per heavy atom. The summed E-state index contributed by atoms with van der Waals surface area (Å²) >= 11 is 0. The van der Waals surface area contributed by atoms with E-state index in [2.05, 4.69) is 10.1 Å². The number of imidazole rings is 1. The number of fused-ring (bicyclic) bond motifs is 1. The number of nitrogens with two attached hydrogens (primary N) is 1. The smallest absolute Gasteiger partial charge is 0.330 e. The second-order valence-electron chi connectivity index (χ2n) is 4.03. The fourth-order valence-electron chi connectivity index (χ4n) is 1.87. The number of anilines is 1. The van der Waals surface area contributed by atoms with Crippen LogP contribution in [0.2, 0.25) is 0 Å². The first-order chi connectivity index (χ1) is 9.15. The van der Waals surface area contributed by atoms with Gasteiger partial charge in [-0.3, -0.25) is 10.1 Å². The lowest BCUT2D eigenvalue weighted by atomic mass is 10.4. The van der Waals surface area contributed by atoms with E-state index in [0.29, 0.717) is 6.54 Å². The molecular formula is C11H10N6O2. The van der Waals surface area contributed by atoms with Crippen molar-refractivity contribution in [3.05, 3.63) is 52.6 Å². The van der Waals surface area contributed by atoms with E-state index in [4.69, 9.17) is 5.73 Å². The van der Waals surface area contributed by atoms with E-state index in [0.717, 1.165) is 17.5 Å². The molecule has 8 nitrogen and oxygen atoms in total. The molecule has 0 aliphatic heterocycles. The van der Waals surface area contributed by atoms with Crippen LogP contribution in [0.4, 0.5) is 11.5 Å². The SMILES string of the molecule is Nc1c([N+](=O)[O-])cnn1Cc1cn2ccccc2n1. The largest absolute Gasteiger partial charge is 0.378 e. The van der Waals surface area contributed by atoms with Gasteiger partial charge in [0, 0.05) is 12.4 Å². The minimum absolute atomic E-state index is 0.0297. The molecule has 3 rings (SSSR count). The lowest BCUT2D eigenvalue weighted by molar-refractivity contribution is -0.384.